The van der Waals surface area contributed by atoms with Crippen molar-refractivity contribution in [2.45, 2.75) is 11.7 Å². The van der Waals surface area contributed by atoms with Crippen LogP contribution in [0.25, 0.3) is 11.0 Å². The van der Waals surface area contributed by atoms with Gasteiger partial charge in [0.05, 0.1) is 31.3 Å². The number of amides is 1. The lowest BCUT2D eigenvalue weighted by molar-refractivity contribution is 0.0952. The van der Waals surface area contributed by atoms with Gasteiger partial charge in [-0.3, -0.25) is 4.79 Å². The van der Waals surface area contributed by atoms with Gasteiger partial charge < -0.3 is 15.0 Å². The van der Waals surface area contributed by atoms with Crippen molar-refractivity contribution < 1.29 is 13.9 Å². The standard InChI is InChI=1S/C19H21FN6O2S/c1-29-19-23-16(25-8-10-28-11-9-25)15-12-22-26(17(15)24-19)7-6-21-18(27)13-2-4-14(20)5-3-13/h2-5,12H,6-11H2,1H3,(H,21,27). The SMILES string of the molecule is CSc1nc(N2CCOCC2)c2cnn(CCNC(=O)c3ccc(F)cc3)c2n1. The minimum absolute atomic E-state index is 0.255. The number of anilines is 1. The summed E-state index contributed by atoms with van der Waals surface area (Å²) in [5.41, 5.74) is 1.15. The molecule has 1 aliphatic heterocycles. The molecule has 0 atom stereocenters. The van der Waals surface area contributed by atoms with Gasteiger partial charge >= 0.3 is 0 Å². The first-order valence-electron chi connectivity index (χ1n) is 9.29. The van der Waals surface area contributed by atoms with E-state index in [1.165, 1.54) is 36.0 Å². The van der Waals surface area contributed by atoms with E-state index in [1.807, 2.05) is 6.26 Å². The maximum absolute atomic E-state index is 13.0. The second kappa shape index (κ2) is 8.75. The number of halogens is 1. The highest BCUT2D eigenvalue weighted by atomic mass is 32.2. The van der Waals surface area contributed by atoms with Crippen molar-refractivity contribution in [3.05, 3.63) is 41.8 Å². The fraction of sp³-hybridized carbons (Fsp3) is 0.368. The Hall–Kier alpha value is -2.72. The van der Waals surface area contributed by atoms with Crippen LogP contribution in [0.5, 0.6) is 0 Å². The summed E-state index contributed by atoms with van der Waals surface area (Å²) in [5, 5.41) is 8.84. The number of thioether (sulfide) groups is 1. The number of morpholine rings is 1. The van der Waals surface area contributed by atoms with Gasteiger partial charge in [0, 0.05) is 25.2 Å². The van der Waals surface area contributed by atoms with Crippen LogP contribution < -0.4 is 10.2 Å². The number of hydrogen-bond donors (Lipinski definition) is 1. The number of fused-ring (bicyclic) bond motifs is 1. The Bertz CT molecular complexity index is 1000. The third-order valence-corrected chi connectivity index (χ3v) is 5.21. The molecule has 29 heavy (non-hydrogen) atoms. The van der Waals surface area contributed by atoms with Crippen LogP contribution in [0.4, 0.5) is 10.2 Å². The van der Waals surface area contributed by atoms with E-state index in [9.17, 15) is 9.18 Å². The minimum Gasteiger partial charge on any atom is -0.378 e. The molecule has 1 aromatic carbocycles. The molecule has 3 aromatic rings. The van der Waals surface area contributed by atoms with Gasteiger partial charge in [-0.25, -0.2) is 19.0 Å². The number of nitrogens with one attached hydrogen (secondary N) is 1. The largest absolute Gasteiger partial charge is 0.378 e. The predicted octanol–water partition coefficient (Wildman–Crippen LogP) is 1.95. The molecule has 0 radical (unpaired) electrons. The molecule has 0 bridgehead atoms. The average Bonchev–Trinajstić information content (AvgIpc) is 3.17. The molecule has 1 fully saturated rings. The monoisotopic (exact) mass is 416 g/mol. The van der Waals surface area contributed by atoms with Crippen LogP contribution in [0, 0.1) is 5.82 Å². The molecule has 0 saturated carbocycles. The molecule has 0 aliphatic carbocycles. The molecule has 0 spiro atoms. The van der Waals surface area contributed by atoms with E-state index in [-0.39, 0.29) is 11.7 Å². The van der Waals surface area contributed by atoms with E-state index < -0.39 is 0 Å². The number of aromatic nitrogens is 4. The number of carbonyl (C=O) groups excluding carboxylic acids is 1. The third kappa shape index (κ3) is 4.33. The lowest BCUT2D eigenvalue weighted by atomic mass is 10.2. The average molecular weight is 416 g/mol. The maximum Gasteiger partial charge on any atom is 0.251 e. The summed E-state index contributed by atoms with van der Waals surface area (Å²) >= 11 is 1.48. The summed E-state index contributed by atoms with van der Waals surface area (Å²) in [6, 6.07) is 5.45. The minimum atomic E-state index is -0.370. The zero-order chi connectivity index (χ0) is 20.2. The van der Waals surface area contributed by atoms with Crippen molar-refractivity contribution in [2.24, 2.45) is 0 Å². The zero-order valence-electron chi connectivity index (χ0n) is 16.0. The first-order chi connectivity index (χ1) is 14.2. The summed E-state index contributed by atoms with van der Waals surface area (Å²) in [4.78, 5) is 23.7. The van der Waals surface area contributed by atoms with Crippen molar-refractivity contribution in [1.82, 2.24) is 25.1 Å². The van der Waals surface area contributed by atoms with Crippen LogP contribution >= 0.6 is 11.8 Å². The number of carbonyl (C=O) groups is 1. The highest BCUT2D eigenvalue weighted by Crippen LogP contribution is 2.27. The molecule has 10 heteroatoms. The molecule has 4 rings (SSSR count). The molecule has 2 aromatic heterocycles. The third-order valence-electron chi connectivity index (χ3n) is 4.66. The number of hydrogen-bond acceptors (Lipinski definition) is 7. The zero-order valence-corrected chi connectivity index (χ0v) is 16.8. The summed E-state index contributed by atoms with van der Waals surface area (Å²) in [6.07, 6.45) is 3.71. The van der Waals surface area contributed by atoms with Gasteiger partial charge in [0.1, 0.15) is 11.6 Å². The number of rotatable bonds is 6. The number of ether oxygens (including phenoxy) is 1. The normalized spacial score (nSPS) is 14.3. The van der Waals surface area contributed by atoms with Crippen LogP contribution in [0.1, 0.15) is 10.4 Å². The van der Waals surface area contributed by atoms with E-state index in [1.54, 1.807) is 10.9 Å². The van der Waals surface area contributed by atoms with Gasteiger partial charge in [-0.1, -0.05) is 11.8 Å². The summed E-state index contributed by atoms with van der Waals surface area (Å²) in [5.74, 6) is 0.240. The predicted molar refractivity (Wildman–Crippen MR) is 109 cm³/mol. The lowest BCUT2D eigenvalue weighted by Crippen LogP contribution is -2.37. The number of nitrogens with zero attached hydrogens (tertiary/aromatic N) is 5. The fourth-order valence-corrected chi connectivity index (χ4v) is 3.53. The molecular weight excluding hydrogens is 395 g/mol. The highest BCUT2D eigenvalue weighted by Gasteiger charge is 2.20. The van der Waals surface area contributed by atoms with Gasteiger partial charge in [-0.05, 0) is 30.5 Å². The Balaban J connectivity index is 1.50. The molecule has 1 aliphatic rings. The van der Waals surface area contributed by atoms with Crippen LogP contribution in [-0.4, -0.2) is 64.8 Å². The van der Waals surface area contributed by atoms with Crippen molar-refractivity contribution in [3.8, 4) is 0 Å². The van der Waals surface area contributed by atoms with Gasteiger partial charge in [0.2, 0.25) is 0 Å². The first-order valence-corrected chi connectivity index (χ1v) is 10.5. The Morgan fingerprint density at radius 1 is 1.24 bits per heavy atom. The smallest absolute Gasteiger partial charge is 0.251 e. The van der Waals surface area contributed by atoms with E-state index in [4.69, 9.17) is 4.74 Å². The molecule has 1 N–H and O–H groups in total. The van der Waals surface area contributed by atoms with E-state index >= 15 is 0 Å². The Morgan fingerprint density at radius 3 is 2.72 bits per heavy atom. The Kier molecular flexibility index (Phi) is 5.91. The lowest BCUT2D eigenvalue weighted by Gasteiger charge is -2.28. The molecule has 3 heterocycles. The van der Waals surface area contributed by atoms with E-state index in [2.05, 4.69) is 25.3 Å². The van der Waals surface area contributed by atoms with Crippen LogP contribution in [-0.2, 0) is 11.3 Å². The Morgan fingerprint density at radius 2 is 2.00 bits per heavy atom. The fourth-order valence-electron chi connectivity index (χ4n) is 3.17. The van der Waals surface area contributed by atoms with Gasteiger partial charge in [0.15, 0.2) is 10.8 Å². The number of benzene rings is 1. The maximum atomic E-state index is 13.0. The molecule has 152 valence electrons. The van der Waals surface area contributed by atoms with Gasteiger partial charge in [-0.15, -0.1) is 0 Å². The van der Waals surface area contributed by atoms with Crippen LogP contribution in [0.15, 0.2) is 35.6 Å². The van der Waals surface area contributed by atoms with Crippen LogP contribution in [0.3, 0.4) is 0 Å². The highest BCUT2D eigenvalue weighted by molar-refractivity contribution is 7.98. The summed E-state index contributed by atoms with van der Waals surface area (Å²) in [6.45, 7) is 3.73. The second-order valence-electron chi connectivity index (χ2n) is 6.50. The Labute approximate surface area is 171 Å². The summed E-state index contributed by atoms with van der Waals surface area (Å²) < 4.78 is 20.2. The van der Waals surface area contributed by atoms with E-state index in [0.717, 1.165) is 29.9 Å². The molecule has 1 amide bonds. The van der Waals surface area contributed by atoms with Crippen LogP contribution in [0.2, 0.25) is 0 Å². The summed E-state index contributed by atoms with van der Waals surface area (Å²) in [7, 11) is 0. The molecule has 8 nitrogen and oxygen atoms in total. The van der Waals surface area contributed by atoms with Crippen molar-refractivity contribution in [2.75, 3.05) is 44.0 Å². The topological polar surface area (TPSA) is 85.2 Å². The van der Waals surface area contributed by atoms with E-state index in [0.29, 0.717) is 37.0 Å². The van der Waals surface area contributed by atoms with Crippen molar-refractivity contribution in [1.29, 1.82) is 0 Å². The quantitative estimate of drug-likeness (QED) is 0.486. The molecule has 1 saturated heterocycles. The van der Waals surface area contributed by atoms with Crippen molar-refractivity contribution in [3.63, 3.8) is 0 Å². The first kappa shape index (κ1) is 19.6. The second-order valence-corrected chi connectivity index (χ2v) is 7.27. The van der Waals surface area contributed by atoms with Gasteiger partial charge in [0.25, 0.3) is 5.91 Å². The van der Waals surface area contributed by atoms with Crippen molar-refractivity contribution >= 4 is 34.5 Å². The molecule has 0 unspecified atom stereocenters. The molecular formula is C19H21FN6O2S. The van der Waals surface area contributed by atoms with Gasteiger partial charge in [-0.2, -0.15) is 5.10 Å².